The molecule has 0 N–H and O–H groups in total. The van der Waals surface area contributed by atoms with Crippen LogP contribution in [0.25, 0.3) is 72.0 Å². The van der Waals surface area contributed by atoms with Gasteiger partial charge in [-0.3, -0.25) is 0 Å². The van der Waals surface area contributed by atoms with Crippen LogP contribution in [0.15, 0.2) is 343 Å². The molecule has 13 aromatic carbocycles. The molecule has 21 rings (SSSR count). The van der Waals surface area contributed by atoms with E-state index in [1.807, 2.05) is 72.4 Å². The number of fused-ring (bicyclic) bond motifs is 17. The molecular formula is C85H50BN9S. The normalized spacial score (nSPS) is 15.2. The summed E-state index contributed by atoms with van der Waals surface area (Å²) >= 11 is 1.93. The van der Waals surface area contributed by atoms with Crippen LogP contribution in [-0.4, -0.2) is 51.6 Å². The van der Waals surface area contributed by atoms with Crippen molar-refractivity contribution in [2.75, 3.05) is 4.90 Å². The molecule has 14 aromatic rings. The number of nitrogens with zero attached hydrogens (tertiary/aromatic N) is 9. The van der Waals surface area contributed by atoms with Gasteiger partial charge < -0.3 is 9.47 Å². The molecule has 5 aliphatic heterocycles. The fourth-order valence-electron chi connectivity index (χ4n) is 16.3. The molecule has 0 radical (unpaired) electrons. The van der Waals surface area contributed by atoms with E-state index in [-0.39, 0.29) is 6.71 Å². The summed E-state index contributed by atoms with van der Waals surface area (Å²) in [6, 6.07) is 111. The predicted octanol–water partition coefficient (Wildman–Crippen LogP) is 17.3. The molecule has 1 spiro atoms. The Kier molecular flexibility index (Phi) is 11.3. The fraction of sp³-hybridized carbons (Fsp3) is 0.0118. The number of guanidine groups is 3. The Morgan fingerprint density at radius 3 is 1.26 bits per heavy atom. The first kappa shape index (κ1) is 53.2. The molecular weight excluding hydrogens is 1190 g/mol. The number of hydrogen-bond acceptors (Lipinski definition) is 9. The zero-order valence-electron chi connectivity index (χ0n) is 51.4. The second-order valence-corrected chi connectivity index (χ2v) is 26.3. The van der Waals surface area contributed by atoms with Crippen molar-refractivity contribution in [1.29, 1.82) is 0 Å². The van der Waals surface area contributed by atoms with Gasteiger partial charge in [-0.25, -0.2) is 4.90 Å². The van der Waals surface area contributed by atoms with Gasteiger partial charge in [0.15, 0.2) is 17.5 Å². The van der Waals surface area contributed by atoms with Crippen LogP contribution in [0.2, 0.25) is 0 Å². The molecule has 0 saturated carbocycles. The second kappa shape index (κ2) is 20.3. The number of aromatic nitrogens is 1. The largest absolute Gasteiger partial charge is 0.311 e. The zero-order valence-corrected chi connectivity index (χ0v) is 52.2. The van der Waals surface area contributed by atoms with Gasteiger partial charge in [0.2, 0.25) is 24.6 Å². The molecule has 444 valence electrons. The Bertz CT molecular complexity index is 5790. The molecule has 1 aromatic heterocycles. The van der Waals surface area contributed by atoms with Crippen LogP contribution in [0.4, 0.5) is 17.1 Å². The number of anilines is 3. The summed E-state index contributed by atoms with van der Waals surface area (Å²) in [5, 5.41) is 2.45. The van der Waals surface area contributed by atoms with Gasteiger partial charge in [0, 0.05) is 54.3 Å². The van der Waals surface area contributed by atoms with Crippen molar-refractivity contribution in [3.63, 3.8) is 0 Å². The van der Waals surface area contributed by atoms with E-state index in [4.69, 9.17) is 30.0 Å². The Morgan fingerprint density at radius 1 is 0.302 bits per heavy atom. The van der Waals surface area contributed by atoms with Gasteiger partial charge in [-0.1, -0.05) is 260 Å². The lowest BCUT2D eigenvalue weighted by molar-refractivity contribution is 0.791. The number of benzene rings is 13. The molecule has 2 aliphatic carbocycles. The Morgan fingerprint density at radius 2 is 0.729 bits per heavy atom. The Hall–Kier alpha value is -12.3. The summed E-state index contributed by atoms with van der Waals surface area (Å²) in [7, 11) is 0. The van der Waals surface area contributed by atoms with Crippen molar-refractivity contribution in [1.82, 2.24) is 9.47 Å². The highest BCUT2D eigenvalue weighted by atomic mass is 32.2. The van der Waals surface area contributed by atoms with Crippen LogP contribution in [-0.2, 0) is 5.41 Å². The number of rotatable bonds is 7. The Balaban J connectivity index is 0.814. The van der Waals surface area contributed by atoms with E-state index in [1.54, 1.807) is 4.90 Å². The topological polar surface area (TPSA) is 85.6 Å². The van der Waals surface area contributed by atoms with Gasteiger partial charge in [0.05, 0.1) is 22.1 Å². The number of hydrogen-bond donors (Lipinski definition) is 0. The first-order chi connectivity index (χ1) is 47.6. The quantitative estimate of drug-likeness (QED) is 0.149. The van der Waals surface area contributed by atoms with E-state index in [0.29, 0.717) is 35.4 Å². The molecule has 9 nitrogen and oxygen atoms in total. The number of para-hydroxylation sites is 2. The molecule has 6 heterocycles. The molecule has 11 heteroatoms. The van der Waals surface area contributed by atoms with E-state index in [0.717, 1.165) is 56.1 Å². The van der Waals surface area contributed by atoms with Gasteiger partial charge in [-0.05, 0) is 138 Å². The minimum absolute atomic E-state index is 0.199. The smallest absolute Gasteiger partial charge is 0.249 e. The number of amidine groups is 3. The van der Waals surface area contributed by atoms with Crippen LogP contribution in [0.1, 0.15) is 38.9 Å². The first-order valence-electron chi connectivity index (χ1n) is 32.5. The molecule has 0 bridgehead atoms. The van der Waals surface area contributed by atoms with Gasteiger partial charge in [-0.15, -0.1) is 0 Å². The summed E-state index contributed by atoms with van der Waals surface area (Å²) < 4.78 is 2.53. The lowest BCUT2D eigenvalue weighted by atomic mass is 9.34. The highest BCUT2D eigenvalue weighted by molar-refractivity contribution is 8.00. The SMILES string of the molecule is c1ccc(C2=NC3=NC(c4ccccc4)=NC4=NC(c5ccc(N6c7cc(-c8ccccc8)c(-c8ccccc8)cc7B7c8cc9c(cc8Sc8c(-n%10c%11ccccc%11c%11ccccc%11%10)ccc6c87)C6(c7ccccc7-c7ccccc76)c6ccccc6-9)cc5)=NC(=N2)N34)cc1. The fourth-order valence-corrected chi connectivity index (χ4v) is 17.6. The maximum atomic E-state index is 5.21. The second-order valence-electron chi connectivity index (χ2n) is 25.3. The lowest BCUT2D eigenvalue weighted by Gasteiger charge is -2.42. The van der Waals surface area contributed by atoms with Crippen LogP contribution in [0, 0.1) is 0 Å². The molecule has 0 amide bonds. The van der Waals surface area contributed by atoms with Gasteiger partial charge in [-0.2, -0.15) is 30.0 Å². The monoisotopic (exact) mass is 1240 g/mol. The van der Waals surface area contributed by atoms with E-state index in [2.05, 4.69) is 252 Å². The van der Waals surface area contributed by atoms with E-state index in [9.17, 15) is 0 Å². The molecule has 7 aliphatic rings. The highest BCUT2D eigenvalue weighted by Crippen LogP contribution is 2.63. The average molecular weight is 1240 g/mol. The van der Waals surface area contributed by atoms with Gasteiger partial charge in [0.1, 0.15) is 0 Å². The van der Waals surface area contributed by atoms with Crippen molar-refractivity contribution in [2.24, 2.45) is 30.0 Å². The molecule has 0 fully saturated rings. The third-order valence-corrected chi connectivity index (χ3v) is 21.5. The zero-order chi connectivity index (χ0) is 62.7. The first-order valence-corrected chi connectivity index (χ1v) is 33.4. The van der Waals surface area contributed by atoms with Crippen LogP contribution in [0.3, 0.4) is 0 Å². The van der Waals surface area contributed by atoms with Crippen LogP contribution in [0.5, 0.6) is 0 Å². The van der Waals surface area contributed by atoms with Gasteiger partial charge >= 0.3 is 0 Å². The van der Waals surface area contributed by atoms with E-state index >= 15 is 0 Å². The van der Waals surface area contributed by atoms with Crippen LogP contribution < -0.4 is 21.3 Å². The summed E-state index contributed by atoms with van der Waals surface area (Å²) in [6.07, 6.45) is 0. The highest BCUT2D eigenvalue weighted by Gasteiger charge is 2.53. The third-order valence-electron chi connectivity index (χ3n) is 20.3. The van der Waals surface area contributed by atoms with E-state index in [1.165, 1.54) is 98.1 Å². The average Bonchev–Trinajstić information content (AvgIpc) is 1.45. The molecule has 96 heavy (non-hydrogen) atoms. The molecule has 0 unspecified atom stereocenters. The third kappa shape index (κ3) is 7.54. The minimum Gasteiger partial charge on any atom is -0.311 e. The van der Waals surface area contributed by atoms with Crippen molar-refractivity contribution in [3.05, 3.63) is 342 Å². The minimum atomic E-state index is -0.519. The summed E-state index contributed by atoms with van der Waals surface area (Å²) in [6.45, 7) is -0.199. The summed E-state index contributed by atoms with van der Waals surface area (Å²) in [4.78, 5) is 37.2. The van der Waals surface area contributed by atoms with Crippen molar-refractivity contribution < 1.29 is 0 Å². The Labute approximate surface area is 557 Å². The summed E-state index contributed by atoms with van der Waals surface area (Å²) in [5.74, 6) is 2.72. The van der Waals surface area contributed by atoms with E-state index < -0.39 is 5.41 Å². The summed E-state index contributed by atoms with van der Waals surface area (Å²) in [5.41, 5.74) is 27.6. The van der Waals surface area contributed by atoms with Crippen LogP contribution >= 0.6 is 11.8 Å². The lowest BCUT2D eigenvalue weighted by Crippen LogP contribution is -2.60. The molecule has 0 atom stereocenters. The maximum Gasteiger partial charge on any atom is 0.249 e. The number of aliphatic imine (C=N–C) groups is 6. The molecule has 0 saturated heterocycles. The predicted molar refractivity (Wildman–Crippen MR) is 394 cm³/mol. The van der Waals surface area contributed by atoms with Gasteiger partial charge in [0.25, 0.3) is 0 Å². The standard InChI is InChI=1S/C85H50BN9S/c1-5-23-51(24-6-1)62-47-69-75(49-63(62)52-25-7-2-8-26-52)93(56-43-41-55(42-44-56)81-91-83-89-79(53-27-9-3-10-28-53)87-82-88-80(54-29-11-4-12-30-54)90-84(92-81)95(82)83)73-45-46-74(94-71-39-21-16-34-60(71)61-35-17-22-40-72(61)94)78-77(73)86(69)70-48-64-59-33-15-20-38-67(59)85(68(64)50-76(70)96-78)65-36-18-13-31-57(65)58-32-14-19-37-66(58)85/h1-50H. The van der Waals surface area contributed by atoms with Crippen molar-refractivity contribution in [2.45, 2.75) is 15.2 Å². The van der Waals surface area contributed by atoms with Crippen molar-refractivity contribution in [3.8, 4) is 50.2 Å². The maximum absolute atomic E-state index is 5.21. The van der Waals surface area contributed by atoms with Crippen molar-refractivity contribution >= 4 is 109 Å².